The number of imidazole rings is 1. The second kappa shape index (κ2) is 10.7. The Morgan fingerprint density at radius 1 is 1.08 bits per heavy atom. The average molecular weight is 512 g/mol. The summed E-state index contributed by atoms with van der Waals surface area (Å²) in [5, 5.41) is 3.57. The second-order valence-corrected chi connectivity index (χ2v) is 11.3. The minimum absolute atomic E-state index is 0.102. The predicted octanol–water partition coefficient (Wildman–Crippen LogP) is 4.37. The van der Waals surface area contributed by atoms with E-state index in [4.69, 9.17) is 20.3 Å². The zero-order valence-electron chi connectivity index (χ0n) is 22.7. The number of carbonyl (C=O) groups excluding carboxylic acids is 3. The van der Waals surface area contributed by atoms with E-state index in [1.54, 1.807) is 4.90 Å². The van der Waals surface area contributed by atoms with Crippen LogP contribution in [0.2, 0.25) is 0 Å². The Hall–Kier alpha value is -3.69. The van der Waals surface area contributed by atoms with Crippen molar-refractivity contribution in [3.05, 3.63) is 41.7 Å². The van der Waals surface area contributed by atoms with E-state index in [9.17, 15) is 14.4 Å². The van der Waals surface area contributed by atoms with Crippen LogP contribution in [0.4, 0.5) is 4.79 Å². The van der Waals surface area contributed by atoms with Crippen molar-refractivity contribution < 1.29 is 24.0 Å². The van der Waals surface area contributed by atoms with Crippen LogP contribution in [0, 0.1) is 11.3 Å². The Kier molecular flexibility index (Phi) is 8.09. The van der Waals surface area contributed by atoms with Gasteiger partial charge in [0.1, 0.15) is 23.0 Å². The molecule has 0 bridgehead atoms. The number of nitrogens with zero attached hydrogens (tertiary/aromatic N) is 4. The summed E-state index contributed by atoms with van der Waals surface area (Å²) in [6, 6.07) is 9.56. The lowest BCUT2D eigenvalue weighted by molar-refractivity contribution is -0.152. The molecule has 37 heavy (non-hydrogen) atoms. The van der Waals surface area contributed by atoms with Crippen LogP contribution in [-0.4, -0.2) is 50.3 Å². The van der Waals surface area contributed by atoms with Gasteiger partial charge in [-0.25, -0.2) is 14.6 Å². The smallest absolute Gasteiger partial charge is 0.410 e. The third-order valence-corrected chi connectivity index (χ3v) is 5.95. The zero-order chi connectivity index (χ0) is 27.5. The molecule has 0 unspecified atom stereocenters. The van der Waals surface area contributed by atoms with Crippen molar-refractivity contribution >= 4 is 23.7 Å². The first-order chi connectivity index (χ1) is 17.2. The third-order valence-electron chi connectivity index (χ3n) is 5.95. The molecule has 1 aromatic heterocycles. The fraction of sp³-hybridized carbons (Fsp3) is 0.519. The molecule has 1 atom stereocenters. The standard InChI is InChI=1S/C27H37N5O5/c1-17(28)30-37-24(34)19(26(2,3)4)15-21(33)22-20-16-31(25(35)36-27(5,6)7)13-14-32(20)23(29-22)18-11-9-8-10-12-18/h8-12,19H,13-16H2,1-7H3,(H2,28,30)/t19-/m1/s1. The monoisotopic (exact) mass is 511 g/mol. The maximum Gasteiger partial charge on any atom is 0.410 e. The summed E-state index contributed by atoms with van der Waals surface area (Å²) in [5.41, 5.74) is 5.96. The highest BCUT2D eigenvalue weighted by Crippen LogP contribution is 2.33. The van der Waals surface area contributed by atoms with E-state index in [0.29, 0.717) is 24.6 Å². The molecule has 1 aliphatic rings. The number of oxime groups is 1. The molecule has 10 nitrogen and oxygen atoms in total. The van der Waals surface area contributed by atoms with Gasteiger partial charge in [-0.15, -0.1) is 0 Å². The molecular formula is C27H37N5O5. The molecule has 2 aromatic rings. The number of rotatable bonds is 6. The molecule has 1 aromatic carbocycles. The van der Waals surface area contributed by atoms with Crippen molar-refractivity contribution in [2.45, 2.75) is 73.6 Å². The molecule has 200 valence electrons. The summed E-state index contributed by atoms with van der Waals surface area (Å²) >= 11 is 0. The lowest BCUT2D eigenvalue weighted by Gasteiger charge is -2.31. The maximum atomic E-state index is 13.7. The summed E-state index contributed by atoms with van der Waals surface area (Å²) in [7, 11) is 0. The first kappa shape index (κ1) is 27.9. The van der Waals surface area contributed by atoms with Crippen molar-refractivity contribution in [3.63, 3.8) is 0 Å². The van der Waals surface area contributed by atoms with Gasteiger partial charge in [0.2, 0.25) is 0 Å². The van der Waals surface area contributed by atoms with Crippen LogP contribution in [0.15, 0.2) is 35.5 Å². The Morgan fingerprint density at radius 2 is 1.73 bits per heavy atom. The van der Waals surface area contributed by atoms with E-state index in [2.05, 4.69) is 5.16 Å². The number of ketones is 1. The molecule has 1 aliphatic heterocycles. The first-order valence-electron chi connectivity index (χ1n) is 12.3. The van der Waals surface area contributed by atoms with Gasteiger partial charge in [0.25, 0.3) is 0 Å². The highest BCUT2D eigenvalue weighted by molar-refractivity contribution is 5.98. The van der Waals surface area contributed by atoms with E-state index >= 15 is 0 Å². The third kappa shape index (κ3) is 6.96. The molecule has 3 rings (SSSR count). The van der Waals surface area contributed by atoms with Gasteiger partial charge in [-0.1, -0.05) is 56.3 Å². The van der Waals surface area contributed by atoms with Crippen molar-refractivity contribution in [3.8, 4) is 11.4 Å². The van der Waals surface area contributed by atoms with Crippen LogP contribution in [0.5, 0.6) is 0 Å². The highest BCUT2D eigenvalue weighted by Gasteiger charge is 2.38. The largest absolute Gasteiger partial charge is 0.444 e. The number of carbonyl (C=O) groups is 3. The summed E-state index contributed by atoms with van der Waals surface area (Å²) in [4.78, 5) is 50.6. The van der Waals surface area contributed by atoms with Crippen molar-refractivity contribution in [1.29, 1.82) is 0 Å². The van der Waals surface area contributed by atoms with Gasteiger partial charge in [-0.3, -0.25) is 4.79 Å². The number of ether oxygens (including phenoxy) is 1. The molecular weight excluding hydrogens is 474 g/mol. The van der Waals surface area contributed by atoms with Crippen LogP contribution in [0.25, 0.3) is 11.4 Å². The molecule has 2 heterocycles. The molecule has 0 spiro atoms. The molecule has 10 heteroatoms. The number of amides is 1. The van der Waals surface area contributed by atoms with Gasteiger partial charge in [-0.05, 0) is 33.1 Å². The average Bonchev–Trinajstić information content (AvgIpc) is 3.18. The van der Waals surface area contributed by atoms with Gasteiger partial charge in [-0.2, -0.15) is 0 Å². The Morgan fingerprint density at radius 3 is 2.30 bits per heavy atom. The zero-order valence-corrected chi connectivity index (χ0v) is 22.7. The summed E-state index contributed by atoms with van der Waals surface area (Å²) < 4.78 is 7.53. The first-order valence-corrected chi connectivity index (χ1v) is 12.3. The number of hydrogen-bond donors (Lipinski definition) is 1. The van der Waals surface area contributed by atoms with Crippen LogP contribution in [-0.2, 0) is 27.5 Å². The number of benzene rings is 1. The van der Waals surface area contributed by atoms with E-state index in [1.807, 2.05) is 76.4 Å². The lowest BCUT2D eigenvalue weighted by Crippen LogP contribution is -2.42. The topological polar surface area (TPSA) is 129 Å². The predicted molar refractivity (Wildman–Crippen MR) is 140 cm³/mol. The molecule has 0 saturated heterocycles. The summed E-state index contributed by atoms with van der Waals surface area (Å²) in [5.74, 6) is -1.00. The van der Waals surface area contributed by atoms with Crippen molar-refractivity contribution in [2.24, 2.45) is 22.2 Å². The lowest BCUT2D eigenvalue weighted by atomic mass is 9.77. The van der Waals surface area contributed by atoms with Crippen LogP contribution < -0.4 is 5.73 Å². The second-order valence-electron chi connectivity index (χ2n) is 11.3. The van der Waals surface area contributed by atoms with Crippen LogP contribution in [0.1, 0.15) is 71.1 Å². The van der Waals surface area contributed by atoms with E-state index < -0.39 is 29.0 Å². The van der Waals surface area contributed by atoms with E-state index in [0.717, 1.165) is 5.56 Å². The summed E-state index contributed by atoms with van der Waals surface area (Å²) in [6.07, 6.45) is -0.586. The number of aromatic nitrogens is 2. The van der Waals surface area contributed by atoms with Gasteiger partial charge in [0.15, 0.2) is 5.78 Å². The van der Waals surface area contributed by atoms with Crippen molar-refractivity contribution in [1.82, 2.24) is 14.5 Å². The van der Waals surface area contributed by atoms with Gasteiger partial charge < -0.3 is 24.8 Å². The quantitative estimate of drug-likeness (QED) is 0.200. The SMILES string of the molecule is C/C(N)=N/OC(=O)[C@@H](CC(=O)c1nc(-c2ccccc2)n2c1CN(C(=O)OC(C)(C)C)CC2)C(C)(C)C. The van der Waals surface area contributed by atoms with Crippen LogP contribution >= 0.6 is 0 Å². The van der Waals surface area contributed by atoms with Gasteiger partial charge >= 0.3 is 12.1 Å². The minimum atomic E-state index is -0.786. The summed E-state index contributed by atoms with van der Waals surface area (Å²) in [6.45, 7) is 13.5. The number of nitrogens with two attached hydrogens (primary N) is 1. The fourth-order valence-electron chi connectivity index (χ4n) is 4.09. The van der Waals surface area contributed by atoms with E-state index in [-0.39, 0.29) is 30.3 Å². The van der Waals surface area contributed by atoms with Gasteiger partial charge in [0, 0.05) is 25.1 Å². The normalized spacial score (nSPS) is 15.1. The maximum absolute atomic E-state index is 13.7. The molecule has 0 fully saturated rings. The fourth-order valence-corrected chi connectivity index (χ4v) is 4.09. The van der Waals surface area contributed by atoms with Gasteiger partial charge in [0.05, 0.1) is 18.2 Å². The molecule has 0 saturated carbocycles. The Bertz CT molecular complexity index is 1180. The Labute approximate surface area is 217 Å². The molecule has 0 aliphatic carbocycles. The minimum Gasteiger partial charge on any atom is -0.444 e. The molecule has 2 N–H and O–H groups in total. The number of fused-ring (bicyclic) bond motifs is 1. The molecule has 0 radical (unpaired) electrons. The number of amidine groups is 1. The van der Waals surface area contributed by atoms with Crippen LogP contribution in [0.3, 0.4) is 0 Å². The number of Topliss-reactive ketones (excluding diaryl/α,β-unsaturated/α-hetero) is 1. The van der Waals surface area contributed by atoms with Crippen molar-refractivity contribution in [2.75, 3.05) is 6.54 Å². The Balaban J connectivity index is 1.99. The molecule has 1 amide bonds. The highest BCUT2D eigenvalue weighted by atomic mass is 16.7. The van der Waals surface area contributed by atoms with E-state index in [1.165, 1.54) is 6.92 Å². The number of hydrogen-bond acceptors (Lipinski definition) is 7.